The van der Waals surface area contributed by atoms with E-state index < -0.39 is 0 Å². The number of amides is 2. The lowest BCUT2D eigenvalue weighted by Crippen LogP contribution is -2.40. The molecule has 0 aliphatic rings. The molecule has 0 spiro atoms. The van der Waals surface area contributed by atoms with Gasteiger partial charge < -0.3 is 16.0 Å². The van der Waals surface area contributed by atoms with Crippen molar-refractivity contribution in [2.45, 2.75) is 19.9 Å². The van der Waals surface area contributed by atoms with Crippen LogP contribution in [-0.2, 0) is 4.79 Å². The Bertz CT molecular complexity index is 469. The van der Waals surface area contributed by atoms with Crippen LogP contribution in [0.15, 0.2) is 18.2 Å². The number of anilines is 1. The third kappa shape index (κ3) is 4.79. The molecule has 5 nitrogen and oxygen atoms in total. The Balaban J connectivity index is 2.74. The van der Waals surface area contributed by atoms with Crippen molar-refractivity contribution in [2.75, 3.05) is 19.3 Å². The van der Waals surface area contributed by atoms with Crippen molar-refractivity contribution >= 4 is 29.1 Å². The van der Waals surface area contributed by atoms with Gasteiger partial charge >= 0.3 is 0 Å². The van der Waals surface area contributed by atoms with Gasteiger partial charge in [0.25, 0.3) is 5.91 Å². The molecule has 0 heterocycles. The molecule has 0 radical (unpaired) electrons. The fourth-order valence-electron chi connectivity index (χ4n) is 1.61. The van der Waals surface area contributed by atoms with Gasteiger partial charge in [-0.15, -0.1) is 0 Å². The number of nitrogen functional groups attached to an aromatic ring is 1. The molecule has 0 saturated carbocycles. The Hall–Kier alpha value is -1.75. The van der Waals surface area contributed by atoms with Gasteiger partial charge in [0.05, 0.1) is 6.54 Å². The molecule has 104 valence electrons. The van der Waals surface area contributed by atoms with Crippen molar-refractivity contribution in [3.8, 4) is 0 Å². The van der Waals surface area contributed by atoms with E-state index in [0.717, 1.165) is 0 Å². The molecule has 3 N–H and O–H groups in total. The summed E-state index contributed by atoms with van der Waals surface area (Å²) in [7, 11) is 1.55. The molecular formula is C13H18ClN3O2. The van der Waals surface area contributed by atoms with E-state index in [1.54, 1.807) is 13.1 Å². The minimum Gasteiger partial charge on any atom is -0.399 e. The first-order valence-corrected chi connectivity index (χ1v) is 6.28. The lowest BCUT2D eigenvalue weighted by atomic mass is 10.2. The number of carbonyl (C=O) groups excluding carboxylic acids is 2. The van der Waals surface area contributed by atoms with E-state index in [1.807, 2.05) is 13.8 Å². The summed E-state index contributed by atoms with van der Waals surface area (Å²) in [5.41, 5.74) is 6.41. The molecule has 0 fully saturated rings. The van der Waals surface area contributed by atoms with Gasteiger partial charge in [0.1, 0.15) is 0 Å². The number of benzene rings is 1. The van der Waals surface area contributed by atoms with Crippen LogP contribution >= 0.6 is 11.6 Å². The Labute approximate surface area is 117 Å². The van der Waals surface area contributed by atoms with E-state index in [0.29, 0.717) is 16.3 Å². The molecule has 1 aromatic carbocycles. The van der Waals surface area contributed by atoms with Crippen LogP contribution in [0, 0.1) is 0 Å². The predicted octanol–water partition coefficient (Wildman–Crippen LogP) is 1.52. The smallest absolute Gasteiger partial charge is 0.254 e. The second-order valence-corrected chi connectivity index (χ2v) is 5.09. The lowest BCUT2D eigenvalue weighted by Gasteiger charge is -2.18. The summed E-state index contributed by atoms with van der Waals surface area (Å²) in [6.07, 6.45) is 0. The molecular weight excluding hydrogens is 266 g/mol. The number of hydrogen-bond donors (Lipinski definition) is 2. The van der Waals surface area contributed by atoms with E-state index in [4.69, 9.17) is 17.3 Å². The fraction of sp³-hybridized carbons (Fsp3) is 0.385. The zero-order valence-corrected chi connectivity index (χ0v) is 12.0. The molecule has 0 unspecified atom stereocenters. The van der Waals surface area contributed by atoms with Gasteiger partial charge in [-0.2, -0.15) is 0 Å². The normalized spacial score (nSPS) is 10.4. The van der Waals surface area contributed by atoms with Crippen LogP contribution in [0.1, 0.15) is 24.2 Å². The second-order valence-electron chi connectivity index (χ2n) is 4.66. The maximum atomic E-state index is 12.1. The summed E-state index contributed by atoms with van der Waals surface area (Å²) in [5.74, 6) is -0.506. The standard InChI is InChI=1S/C13H18ClN3O2/c1-8(2)16-12(18)7-17(3)13(19)9-4-10(14)6-11(15)5-9/h4-6,8H,7,15H2,1-3H3,(H,16,18). The first-order valence-electron chi connectivity index (χ1n) is 5.90. The first-order chi connectivity index (χ1) is 8.79. The maximum Gasteiger partial charge on any atom is 0.254 e. The van der Waals surface area contributed by atoms with Gasteiger partial charge in [-0.3, -0.25) is 9.59 Å². The van der Waals surface area contributed by atoms with Gasteiger partial charge in [-0.25, -0.2) is 0 Å². The average Bonchev–Trinajstić information content (AvgIpc) is 2.25. The number of hydrogen-bond acceptors (Lipinski definition) is 3. The minimum absolute atomic E-state index is 0.0105. The van der Waals surface area contributed by atoms with Crippen LogP contribution in [0.3, 0.4) is 0 Å². The van der Waals surface area contributed by atoms with Crippen molar-refractivity contribution in [3.63, 3.8) is 0 Å². The maximum absolute atomic E-state index is 12.1. The van der Waals surface area contributed by atoms with Crippen LogP contribution in [0.25, 0.3) is 0 Å². The number of nitrogens with two attached hydrogens (primary N) is 1. The Morgan fingerprint density at radius 3 is 2.53 bits per heavy atom. The molecule has 2 amide bonds. The summed E-state index contributed by atoms with van der Waals surface area (Å²) >= 11 is 5.84. The van der Waals surface area contributed by atoms with Crippen molar-refractivity contribution in [2.24, 2.45) is 0 Å². The van der Waals surface area contributed by atoms with Crippen LogP contribution in [0.2, 0.25) is 5.02 Å². The number of halogens is 1. The molecule has 0 aliphatic heterocycles. The summed E-state index contributed by atoms with van der Waals surface area (Å²) in [6, 6.07) is 4.66. The van der Waals surface area contributed by atoms with E-state index in [2.05, 4.69) is 5.32 Å². The number of carbonyl (C=O) groups is 2. The number of likely N-dealkylation sites (N-methyl/N-ethyl adjacent to an activating group) is 1. The molecule has 0 atom stereocenters. The summed E-state index contributed by atoms with van der Waals surface area (Å²) < 4.78 is 0. The van der Waals surface area contributed by atoms with Crippen LogP contribution < -0.4 is 11.1 Å². The quantitative estimate of drug-likeness (QED) is 0.823. The number of nitrogens with one attached hydrogen (secondary N) is 1. The van der Waals surface area contributed by atoms with E-state index >= 15 is 0 Å². The summed E-state index contributed by atoms with van der Waals surface area (Å²) in [4.78, 5) is 25.0. The first kappa shape index (κ1) is 15.3. The van der Waals surface area contributed by atoms with Crippen molar-refractivity contribution in [1.29, 1.82) is 0 Å². The van der Waals surface area contributed by atoms with Gasteiger partial charge in [-0.05, 0) is 32.0 Å². The third-order valence-corrected chi connectivity index (χ3v) is 2.56. The highest BCUT2D eigenvalue weighted by Gasteiger charge is 2.16. The molecule has 1 rings (SSSR count). The van der Waals surface area contributed by atoms with Gasteiger partial charge in [-0.1, -0.05) is 11.6 Å². The zero-order chi connectivity index (χ0) is 14.6. The van der Waals surface area contributed by atoms with Gasteiger partial charge in [0.15, 0.2) is 0 Å². The Morgan fingerprint density at radius 1 is 1.37 bits per heavy atom. The van der Waals surface area contributed by atoms with Crippen LogP contribution in [-0.4, -0.2) is 36.3 Å². The monoisotopic (exact) mass is 283 g/mol. The van der Waals surface area contributed by atoms with Gasteiger partial charge in [0, 0.05) is 29.4 Å². The van der Waals surface area contributed by atoms with Crippen LogP contribution in [0.5, 0.6) is 0 Å². The van der Waals surface area contributed by atoms with Crippen molar-refractivity contribution in [1.82, 2.24) is 10.2 Å². The largest absolute Gasteiger partial charge is 0.399 e. The highest BCUT2D eigenvalue weighted by molar-refractivity contribution is 6.31. The molecule has 19 heavy (non-hydrogen) atoms. The van der Waals surface area contributed by atoms with E-state index in [1.165, 1.54) is 17.0 Å². The molecule has 1 aromatic rings. The third-order valence-electron chi connectivity index (χ3n) is 2.34. The lowest BCUT2D eigenvalue weighted by molar-refractivity contribution is -0.122. The highest BCUT2D eigenvalue weighted by atomic mass is 35.5. The summed E-state index contributed by atoms with van der Waals surface area (Å²) in [5, 5.41) is 3.11. The minimum atomic E-state index is -0.298. The Kier molecular flexibility index (Phi) is 5.18. The second kappa shape index (κ2) is 6.43. The highest BCUT2D eigenvalue weighted by Crippen LogP contribution is 2.17. The average molecular weight is 284 g/mol. The van der Waals surface area contributed by atoms with Gasteiger partial charge in [0.2, 0.25) is 5.91 Å². The van der Waals surface area contributed by atoms with Crippen LogP contribution in [0.4, 0.5) is 5.69 Å². The predicted molar refractivity (Wildman–Crippen MR) is 76.1 cm³/mol. The van der Waals surface area contributed by atoms with E-state index in [-0.39, 0.29) is 24.4 Å². The molecule has 6 heteroatoms. The zero-order valence-electron chi connectivity index (χ0n) is 11.2. The molecule has 0 aliphatic carbocycles. The number of nitrogens with zero attached hydrogens (tertiary/aromatic N) is 1. The molecule has 0 aromatic heterocycles. The SMILES string of the molecule is CC(C)NC(=O)CN(C)C(=O)c1cc(N)cc(Cl)c1. The van der Waals surface area contributed by atoms with Crippen molar-refractivity contribution in [3.05, 3.63) is 28.8 Å². The number of rotatable bonds is 4. The van der Waals surface area contributed by atoms with E-state index in [9.17, 15) is 9.59 Å². The summed E-state index contributed by atoms with van der Waals surface area (Å²) in [6.45, 7) is 3.71. The Morgan fingerprint density at radius 2 is 2.00 bits per heavy atom. The molecule has 0 bridgehead atoms. The van der Waals surface area contributed by atoms with Crippen molar-refractivity contribution < 1.29 is 9.59 Å². The topological polar surface area (TPSA) is 75.4 Å². The molecule has 0 saturated heterocycles. The fourth-order valence-corrected chi connectivity index (χ4v) is 1.85.